The smallest absolute Gasteiger partial charge is 0.383 e. The van der Waals surface area contributed by atoms with Crippen LogP contribution in [-0.4, -0.2) is 89.0 Å². The average Bonchev–Trinajstić information content (AvgIpc) is 4.01. The molecule has 61 heavy (non-hydrogen) atoms. The number of epoxide rings is 2. The number of allylic oxidation sites excluding steroid dienone is 2. The third kappa shape index (κ3) is 5.37. The molecule has 11 atom stereocenters. The first kappa shape index (κ1) is 42.2. The van der Waals surface area contributed by atoms with Crippen molar-refractivity contribution in [2.75, 3.05) is 26.4 Å². The second-order valence-corrected chi connectivity index (χ2v) is 24.0. The van der Waals surface area contributed by atoms with Gasteiger partial charge in [-0.05, 0) is 105 Å². The molecule has 8 unspecified atom stereocenters. The molecule has 8 aliphatic carbocycles. The molecule has 8 nitrogen and oxygen atoms in total. The number of hydrogen-bond donors (Lipinski definition) is 1. The van der Waals surface area contributed by atoms with Crippen molar-refractivity contribution in [3.63, 3.8) is 0 Å². The van der Waals surface area contributed by atoms with Gasteiger partial charge in [0.05, 0.1) is 26.4 Å². The highest BCUT2D eigenvalue weighted by atomic mass is 19.4. The van der Waals surface area contributed by atoms with Crippen LogP contribution in [0.4, 0.5) is 22.0 Å². The van der Waals surface area contributed by atoms with Crippen LogP contribution in [0.2, 0.25) is 0 Å². The molecule has 0 aromatic carbocycles. The van der Waals surface area contributed by atoms with E-state index in [4.69, 9.17) is 28.4 Å². The third-order valence-corrected chi connectivity index (χ3v) is 19.4. The van der Waals surface area contributed by atoms with Gasteiger partial charge in [-0.1, -0.05) is 53.7 Å². The van der Waals surface area contributed by atoms with Crippen LogP contribution in [-0.2, 0) is 33.2 Å². The van der Waals surface area contributed by atoms with Crippen LogP contribution < -0.4 is 0 Å². The van der Waals surface area contributed by atoms with Crippen molar-refractivity contribution in [1.29, 1.82) is 0 Å². The molecule has 0 radical (unpaired) electrons. The predicted molar refractivity (Wildman–Crippen MR) is 211 cm³/mol. The van der Waals surface area contributed by atoms with E-state index < -0.39 is 58.2 Å². The Hall–Kier alpha value is -1.48. The van der Waals surface area contributed by atoms with Crippen LogP contribution in [0, 0.1) is 45.3 Å². The van der Waals surface area contributed by atoms with E-state index in [-0.39, 0.29) is 46.2 Å². The zero-order valence-corrected chi connectivity index (χ0v) is 36.8. The number of carbonyl (C=O) groups is 1. The number of rotatable bonds is 1. The number of halogens is 5. The lowest BCUT2D eigenvalue weighted by molar-refractivity contribution is -0.361. The van der Waals surface area contributed by atoms with E-state index in [2.05, 4.69) is 40.7 Å². The van der Waals surface area contributed by atoms with Crippen molar-refractivity contribution in [3.8, 4) is 0 Å². The molecule has 6 saturated carbocycles. The fraction of sp³-hybridized carbons (Fsp3) is 0.896. The molecular formula is C48H65F5O8. The number of aliphatic hydroxyl groups is 1. The molecule has 1 N–H and O–H groups in total. The largest absolute Gasteiger partial charge is 0.456 e. The zero-order chi connectivity index (χ0) is 43.3. The van der Waals surface area contributed by atoms with E-state index in [1.54, 1.807) is 0 Å². The van der Waals surface area contributed by atoms with Crippen molar-refractivity contribution in [3.05, 3.63) is 23.3 Å². The van der Waals surface area contributed by atoms with Gasteiger partial charge < -0.3 is 33.5 Å². The number of ether oxygens (including phenoxy) is 6. The molecule has 10 fully saturated rings. The molecule has 4 aliphatic heterocycles. The van der Waals surface area contributed by atoms with E-state index in [1.807, 2.05) is 6.08 Å². The standard InChI is InChI=1S/C25H33F5O4.C23H32O4/c1-18(2)13-32-21(33-14-18)10-11-22-17-5-7-19(3)16(15(17)4-8-20(22,12-21)34-22)6-9-23(19,31)24(26,27)25(28,29)30;1-19(2)13-25-22(26-14-19)10-11-23-17-7-8-20(3)16(4-5-18(20)24)15(17)6-9-21(23,12-22)27-23/h5,15-16,31H,4,6-14H2,1-3H3;7,15-16H,4-6,8-14H2,1-3H3/t15?,16?,19-,20?,22?,23-;15?,16?,20-,21?,23?/m00/s1. The lowest BCUT2D eigenvalue weighted by atomic mass is 9.52. The summed E-state index contributed by atoms with van der Waals surface area (Å²) < 4.78 is 108. The van der Waals surface area contributed by atoms with Gasteiger partial charge in [0.25, 0.3) is 0 Å². The van der Waals surface area contributed by atoms with Crippen LogP contribution in [0.3, 0.4) is 0 Å². The highest BCUT2D eigenvalue weighted by Gasteiger charge is 2.83. The SMILES string of the molecule is CC1(C)COC2(CCC34OC3(CCC3C4=CC[C@@]4(C)C3CC[C@@]4(O)C(F)(F)C(F)(F)F)C2)OC1.CC1(C)COC2(CCC34OC3(CCC3C4=CC[C@]4(C)C(=O)CCC34)C2)OC1. The minimum absolute atomic E-state index is 0.0147. The Morgan fingerprint density at radius 1 is 0.607 bits per heavy atom. The van der Waals surface area contributed by atoms with Crippen LogP contribution in [0.25, 0.3) is 0 Å². The molecule has 0 aromatic heterocycles. The Morgan fingerprint density at radius 2 is 1.08 bits per heavy atom. The van der Waals surface area contributed by atoms with Crippen LogP contribution in [0.15, 0.2) is 23.3 Å². The highest BCUT2D eigenvalue weighted by molar-refractivity contribution is 5.87. The molecule has 0 bridgehead atoms. The number of fused-ring (bicyclic) bond motifs is 6. The Morgan fingerprint density at radius 3 is 1.57 bits per heavy atom. The number of hydrogen-bond acceptors (Lipinski definition) is 8. The van der Waals surface area contributed by atoms with Gasteiger partial charge in [0, 0.05) is 53.8 Å². The van der Waals surface area contributed by atoms with Crippen molar-refractivity contribution in [2.45, 2.75) is 196 Å². The monoisotopic (exact) mass is 864 g/mol. The fourth-order valence-corrected chi connectivity index (χ4v) is 15.7. The summed E-state index contributed by atoms with van der Waals surface area (Å²) in [4.78, 5) is 12.5. The zero-order valence-electron chi connectivity index (χ0n) is 36.8. The van der Waals surface area contributed by atoms with E-state index in [1.165, 1.54) is 12.5 Å². The Kier molecular flexibility index (Phi) is 8.50. The quantitative estimate of drug-likeness (QED) is 0.158. The summed E-state index contributed by atoms with van der Waals surface area (Å²) in [6, 6.07) is 0. The normalized spacial score (nSPS) is 50.1. The maximum absolute atomic E-state index is 14.6. The number of ketones is 1. The highest BCUT2D eigenvalue weighted by Crippen LogP contribution is 2.76. The second-order valence-electron chi connectivity index (χ2n) is 24.0. The first-order chi connectivity index (χ1) is 28.3. The maximum atomic E-state index is 14.6. The number of carbonyl (C=O) groups excluding carboxylic acids is 1. The van der Waals surface area contributed by atoms with Crippen LogP contribution in [0.1, 0.15) is 144 Å². The van der Waals surface area contributed by atoms with Crippen molar-refractivity contribution < 1.29 is 60.3 Å². The van der Waals surface area contributed by atoms with E-state index >= 15 is 0 Å². The van der Waals surface area contributed by atoms with Crippen molar-refractivity contribution in [1.82, 2.24) is 0 Å². The topological polar surface area (TPSA) is 99.3 Å². The fourth-order valence-electron chi connectivity index (χ4n) is 15.7. The minimum atomic E-state index is -5.80. The van der Waals surface area contributed by atoms with Crippen molar-refractivity contribution >= 4 is 5.78 Å². The summed E-state index contributed by atoms with van der Waals surface area (Å²) in [6.45, 7) is 15.0. The summed E-state index contributed by atoms with van der Waals surface area (Å²) in [5, 5.41) is 10.9. The molecule has 0 amide bonds. The molecule has 2 spiro atoms. The first-order valence-corrected chi connectivity index (χ1v) is 23.4. The van der Waals surface area contributed by atoms with Gasteiger partial charge in [0.15, 0.2) is 11.6 Å². The number of alkyl halides is 5. The molecular weight excluding hydrogens is 800 g/mol. The third-order valence-electron chi connectivity index (χ3n) is 19.4. The van der Waals surface area contributed by atoms with Gasteiger partial charge >= 0.3 is 12.1 Å². The summed E-state index contributed by atoms with van der Waals surface area (Å²) in [5.74, 6) is -5.31. The molecule has 12 aliphatic rings. The lowest BCUT2D eigenvalue weighted by Gasteiger charge is -2.54. The van der Waals surface area contributed by atoms with Gasteiger partial charge in [-0.3, -0.25) is 4.79 Å². The lowest BCUT2D eigenvalue weighted by Crippen LogP contribution is -2.65. The summed E-state index contributed by atoms with van der Waals surface area (Å²) in [5.41, 5.74) is -3.22. The maximum Gasteiger partial charge on any atom is 0.456 e. The molecule has 340 valence electrons. The van der Waals surface area contributed by atoms with Gasteiger partial charge in [-0.25, -0.2) is 0 Å². The number of Topliss-reactive ketones (excluding diaryl/α,β-unsaturated/α-hetero) is 1. The van der Waals surface area contributed by atoms with E-state index in [9.17, 15) is 31.9 Å². The Balaban J connectivity index is 0.000000141. The minimum Gasteiger partial charge on any atom is -0.383 e. The summed E-state index contributed by atoms with van der Waals surface area (Å²) >= 11 is 0. The second kappa shape index (κ2) is 12.3. The van der Waals surface area contributed by atoms with Gasteiger partial charge in [-0.15, -0.1) is 0 Å². The molecule has 13 heteroatoms. The van der Waals surface area contributed by atoms with Crippen LogP contribution in [0.5, 0.6) is 0 Å². The first-order valence-electron chi connectivity index (χ1n) is 23.4. The Bertz CT molecular complexity index is 1960. The van der Waals surface area contributed by atoms with Gasteiger partial charge in [-0.2, -0.15) is 22.0 Å². The summed E-state index contributed by atoms with van der Waals surface area (Å²) in [6.07, 6.45) is 9.12. The molecule has 4 heterocycles. The summed E-state index contributed by atoms with van der Waals surface area (Å²) in [7, 11) is 0. The van der Waals surface area contributed by atoms with Crippen LogP contribution >= 0.6 is 0 Å². The van der Waals surface area contributed by atoms with E-state index in [0.29, 0.717) is 62.9 Å². The molecule has 4 saturated heterocycles. The average molecular weight is 865 g/mol. The van der Waals surface area contributed by atoms with E-state index in [0.717, 1.165) is 70.2 Å². The van der Waals surface area contributed by atoms with Gasteiger partial charge in [0.2, 0.25) is 0 Å². The molecule has 12 rings (SSSR count). The van der Waals surface area contributed by atoms with Crippen molar-refractivity contribution in [2.24, 2.45) is 45.3 Å². The Labute approximate surface area is 356 Å². The van der Waals surface area contributed by atoms with Gasteiger partial charge in [0.1, 0.15) is 33.8 Å². The predicted octanol–water partition coefficient (Wildman–Crippen LogP) is 9.71. The molecule has 0 aromatic rings.